The highest BCUT2D eigenvalue weighted by Crippen LogP contribution is 2.20. The topological polar surface area (TPSA) is 79.2 Å². The predicted octanol–water partition coefficient (Wildman–Crippen LogP) is 2.98. The molecule has 126 valence electrons. The van der Waals surface area contributed by atoms with Gasteiger partial charge in [0.25, 0.3) is 0 Å². The number of ether oxygens (including phenoxy) is 1. The lowest BCUT2D eigenvalue weighted by atomic mass is 10.1. The highest BCUT2D eigenvalue weighted by atomic mass is 32.2. The fourth-order valence-corrected chi connectivity index (χ4v) is 2.63. The van der Waals surface area contributed by atoms with Crippen molar-refractivity contribution >= 4 is 23.5 Å². The number of nitrogens with one attached hydrogen (secondary N) is 1. The molecular formula is C18H20N2O3S. The van der Waals surface area contributed by atoms with E-state index in [0.29, 0.717) is 17.1 Å². The summed E-state index contributed by atoms with van der Waals surface area (Å²) < 4.78 is 4.88. The van der Waals surface area contributed by atoms with Gasteiger partial charge in [-0.1, -0.05) is 47.7 Å². The van der Waals surface area contributed by atoms with Gasteiger partial charge in [0, 0.05) is 12.1 Å². The molecule has 0 bridgehead atoms. The van der Waals surface area contributed by atoms with Crippen LogP contribution in [0.4, 0.5) is 0 Å². The number of aryl methyl sites for hydroxylation is 1. The monoisotopic (exact) mass is 344 g/mol. The molecule has 0 saturated heterocycles. The normalized spacial score (nSPS) is 11.0. The summed E-state index contributed by atoms with van der Waals surface area (Å²) >= 11 is 1.10. The molecule has 0 fully saturated rings. The first kappa shape index (κ1) is 19.5. The fraction of sp³-hybridized carbons (Fsp3) is 0.278. The Bertz CT molecular complexity index is 672. The van der Waals surface area contributed by atoms with E-state index in [-0.39, 0.29) is 23.7 Å². The second-order valence-corrected chi connectivity index (χ2v) is 5.77. The SMILES string of the molecule is C=CCNC(SCC(=O)c1ccc(C)cc1)=C(C#N)C(=O)OCC. The first-order chi connectivity index (χ1) is 11.5. The van der Waals surface area contributed by atoms with Crippen molar-refractivity contribution in [2.45, 2.75) is 13.8 Å². The van der Waals surface area contributed by atoms with E-state index in [2.05, 4.69) is 11.9 Å². The number of hydrogen-bond donors (Lipinski definition) is 1. The standard InChI is InChI=1S/C18H20N2O3S/c1-4-10-20-17(15(11-19)18(22)23-5-2)24-12-16(21)14-8-6-13(3)7-9-14/h4,6-9,20H,1,5,10,12H2,2-3H3. The summed E-state index contributed by atoms with van der Waals surface area (Å²) in [5.74, 6) is -0.687. The van der Waals surface area contributed by atoms with Crippen molar-refractivity contribution in [3.63, 3.8) is 0 Å². The van der Waals surface area contributed by atoms with Gasteiger partial charge in [0.2, 0.25) is 0 Å². The van der Waals surface area contributed by atoms with Gasteiger partial charge in [-0.05, 0) is 13.8 Å². The maximum Gasteiger partial charge on any atom is 0.351 e. The van der Waals surface area contributed by atoms with Crippen LogP contribution in [0, 0.1) is 18.3 Å². The van der Waals surface area contributed by atoms with Crippen molar-refractivity contribution in [1.29, 1.82) is 5.26 Å². The number of esters is 1. The van der Waals surface area contributed by atoms with Crippen LogP contribution in [-0.2, 0) is 9.53 Å². The molecule has 6 heteroatoms. The second-order valence-electron chi connectivity index (χ2n) is 4.78. The second kappa shape index (κ2) is 10.3. The zero-order valence-electron chi connectivity index (χ0n) is 13.8. The molecule has 0 aliphatic heterocycles. The molecule has 0 aliphatic rings. The quantitative estimate of drug-likeness (QED) is 0.244. The Morgan fingerprint density at radius 2 is 2.04 bits per heavy atom. The predicted molar refractivity (Wildman–Crippen MR) is 95.4 cm³/mol. The van der Waals surface area contributed by atoms with Crippen molar-refractivity contribution in [3.05, 3.63) is 58.6 Å². The van der Waals surface area contributed by atoms with E-state index < -0.39 is 5.97 Å². The van der Waals surface area contributed by atoms with Crippen LogP contribution in [0.3, 0.4) is 0 Å². The number of Topliss-reactive ketones (excluding diaryl/α,β-unsaturated/α-hetero) is 1. The minimum Gasteiger partial charge on any atom is -0.462 e. The average molecular weight is 344 g/mol. The molecule has 0 amide bonds. The maximum absolute atomic E-state index is 12.3. The van der Waals surface area contributed by atoms with E-state index in [0.717, 1.165) is 17.3 Å². The highest BCUT2D eigenvalue weighted by Gasteiger charge is 2.18. The third kappa shape index (κ3) is 5.94. The van der Waals surface area contributed by atoms with Crippen LogP contribution in [-0.4, -0.2) is 30.7 Å². The molecule has 0 atom stereocenters. The van der Waals surface area contributed by atoms with E-state index in [1.807, 2.05) is 25.1 Å². The molecule has 0 heterocycles. The summed E-state index contributed by atoms with van der Waals surface area (Å²) in [6.45, 7) is 7.74. The Kier molecular flexibility index (Phi) is 8.37. The summed E-state index contributed by atoms with van der Waals surface area (Å²) in [6.07, 6.45) is 1.60. The van der Waals surface area contributed by atoms with Gasteiger partial charge in [-0.25, -0.2) is 4.79 Å². The summed E-state index contributed by atoms with van der Waals surface area (Å²) in [5, 5.41) is 12.5. The lowest BCUT2D eigenvalue weighted by Crippen LogP contribution is -2.19. The van der Waals surface area contributed by atoms with Crippen molar-refractivity contribution in [2.75, 3.05) is 18.9 Å². The van der Waals surface area contributed by atoms with Gasteiger partial charge in [0.05, 0.1) is 17.4 Å². The third-order valence-electron chi connectivity index (χ3n) is 2.95. The van der Waals surface area contributed by atoms with E-state index in [9.17, 15) is 14.9 Å². The third-order valence-corrected chi connectivity index (χ3v) is 3.99. The maximum atomic E-state index is 12.3. The van der Waals surface area contributed by atoms with Gasteiger partial charge in [-0.3, -0.25) is 4.79 Å². The molecule has 5 nitrogen and oxygen atoms in total. The first-order valence-corrected chi connectivity index (χ1v) is 8.41. The van der Waals surface area contributed by atoms with E-state index >= 15 is 0 Å². The van der Waals surface area contributed by atoms with Crippen LogP contribution < -0.4 is 5.32 Å². The summed E-state index contributed by atoms with van der Waals surface area (Å²) in [4.78, 5) is 24.1. The summed E-state index contributed by atoms with van der Waals surface area (Å²) in [6, 6.07) is 9.09. The van der Waals surface area contributed by atoms with Crippen LogP contribution in [0.5, 0.6) is 0 Å². The molecule has 0 saturated carbocycles. The number of nitrogens with zero attached hydrogens (tertiary/aromatic N) is 1. The average Bonchev–Trinajstić information content (AvgIpc) is 2.58. The molecule has 24 heavy (non-hydrogen) atoms. The number of carbonyl (C=O) groups is 2. The lowest BCUT2D eigenvalue weighted by Gasteiger charge is -2.11. The molecule has 0 aliphatic carbocycles. The van der Waals surface area contributed by atoms with E-state index in [4.69, 9.17) is 4.74 Å². The zero-order valence-corrected chi connectivity index (χ0v) is 14.6. The Morgan fingerprint density at radius 3 is 2.58 bits per heavy atom. The van der Waals surface area contributed by atoms with Crippen molar-refractivity contribution in [2.24, 2.45) is 0 Å². The Morgan fingerprint density at radius 1 is 1.38 bits per heavy atom. The van der Waals surface area contributed by atoms with Crippen molar-refractivity contribution < 1.29 is 14.3 Å². The minimum absolute atomic E-state index is 0.0842. The number of ketones is 1. The highest BCUT2D eigenvalue weighted by molar-refractivity contribution is 8.03. The number of hydrogen-bond acceptors (Lipinski definition) is 6. The van der Waals surface area contributed by atoms with Gasteiger partial charge in [-0.15, -0.1) is 6.58 Å². The van der Waals surface area contributed by atoms with Crippen LogP contribution in [0.2, 0.25) is 0 Å². The van der Waals surface area contributed by atoms with Crippen LogP contribution in [0.15, 0.2) is 47.5 Å². The molecule has 0 unspecified atom stereocenters. The molecule has 0 aromatic heterocycles. The fourth-order valence-electron chi connectivity index (χ4n) is 1.73. The number of nitriles is 1. The van der Waals surface area contributed by atoms with Gasteiger partial charge < -0.3 is 10.1 Å². The van der Waals surface area contributed by atoms with Crippen LogP contribution in [0.25, 0.3) is 0 Å². The molecule has 1 aromatic rings. The van der Waals surface area contributed by atoms with Crippen LogP contribution in [0.1, 0.15) is 22.8 Å². The number of rotatable bonds is 9. The van der Waals surface area contributed by atoms with Crippen LogP contribution >= 0.6 is 11.8 Å². The zero-order chi connectivity index (χ0) is 17.9. The molecule has 1 aromatic carbocycles. The Hall–Kier alpha value is -2.52. The largest absolute Gasteiger partial charge is 0.462 e. The smallest absolute Gasteiger partial charge is 0.351 e. The van der Waals surface area contributed by atoms with Gasteiger partial charge in [0.1, 0.15) is 6.07 Å². The molecule has 1 rings (SSSR count). The first-order valence-electron chi connectivity index (χ1n) is 7.42. The number of carbonyl (C=O) groups excluding carboxylic acids is 2. The molecular weight excluding hydrogens is 324 g/mol. The van der Waals surface area contributed by atoms with E-state index in [1.165, 1.54) is 0 Å². The lowest BCUT2D eigenvalue weighted by molar-refractivity contribution is -0.138. The minimum atomic E-state index is -0.707. The van der Waals surface area contributed by atoms with Gasteiger partial charge >= 0.3 is 5.97 Å². The molecule has 0 radical (unpaired) electrons. The number of thioether (sulfide) groups is 1. The van der Waals surface area contributed by atoms with Crippen molar-refractivity contribution in [1.82, 2.24) is 5.32 Å². The van der Waals surface area contributed by atoms with E-state index in [1.54, 1.807) is 25.1 Å². The number of benzene rings is 1. The van der Waals surface area contributed by atoms with Gasteiger partial charge in [0.15, 0.2) is 11.4 Å². The molecule has 0 spiro atoms. The van der Waals surface area contributed by atoms with Crippen molar-refractivity contribution in [3.8, 4) is 6.07 Å². The summed E-state index contributed by atoms with van der Waals surface area (Å²) in [5.41, 5.74) is 1.52. The molecule has 1 N–H and O–H groups in total. The summed E-state index contributed by atoms with van der Waals surface area (Å²) in [7, 11) is 0. The Labute approximate surface area is 146 Å². The Balaban J connectivity index is 2.91. The van der Waals surface area contributed by atoms with Gasteiger partial charge in [-0.2, -0.15) is 5.26 Å².